The van der Waals surface area contributed by atoms with E-state index in [-0.39, 0.29) is 11.3 Å². The van der Waals surface area contributed by atoms with Gasteiger partial charge in [0.2, 0.25) is 5.91 Å². The molecule has 0 bridgehead atoms. The zero-order valence-electron chi connectivity index (χ0n) is 13.9. The summed E-state index contributed by atoms with van der Waals surface area (Å²) in [4.78, 5) is 15.7. The molecule has 1 spiro atoms. The Morgan fingerprint density at radius 2 is 1.67 bits per heavy atom. The molecule has 2 aliphatic rings. The van der Waals surface area contributed by atoms with Crippen LogP contribution in [0.1, 0.15) is 37.3 Å². The van der Waals surface area contributed by atoms with Crippen molar-refractivity contribution in [3.05, 3.63) is 35.4 Å². The van der Waals surface area contributed by atoms with Crippen molar-refractivity contribution in [1.29, 1.82) is 0 Å². The second-order valence-electron chi connectivity index (χ2n) is 7.16. The van der Waals surface area contributed by atoms with Gasteiger partial charge in [-0.15, -0.1) is 0 Å². The number of rotatable bonds is 2. The molecular weight excluding hydrogens is 317 g/mol. The van der Waals surface area contributed by atoms with Crippen LogP contribution in [0.4, 0.5) is 13.2 Å². The number of alkyl halides is 3. The summed E-state index contributed by atoms with van der Waals surface area (Å²) in [5.41, 5.74) is 0.597. The fourth-order valence-electron chi connectivity index (χ4n) is 3.92. The number of nitrogens with zero attached hydrogens (tertiary/aromatic N) is 2. The van der Waals surface area contributed by atoms with Crippen LogP contribution in [0.25, 0.3) is 0 Å². The Bertz CT molecular complexity index is 589. The molecule has 0 radical (unpaired) electrons. The van der Waals surface area contributed by atoms with E-state index in [9.17, 15) is 18.0 Å². The molecule has 0 N–H and O–H groups in total. The highest BCUT2D eigenvalue weighted by Gasteiger charge is 2.40. The lowest BCUT2D eigenvalue weighted by atomic mass is 9.78. The predicted octanol–water partition coefficient (Wildman–Crippen LogP) is 3.54. The van der Waals surface area contributed by atoms with E-state index in [1.807, 2.05) is 4.90 Å². The quantitative estimate of drug-likeness (QED) is 0.822. The molecule has 1 aromatic rings. The van der Waals surface area contributed by atoms with Gasteiger partial charge in [-0.05, 0) is 48.9 Å². The molecule has 3 nitrogen and oxygen atoms in total. The summed E-state index contributed by atoms with van der Waals surface area (Å²) >= 11 is 0. The number of benzene rings is 1. The van der Waals surface area contributed by atoms with Crippen molar-refractivity contribution in [2.45, 2.75) is 38.9 Å². The molecule has 0 unspecified atom stereocenters. The van der Waals surface area contributed by atoms with Crippen molar-refractivity contribution < 1.29 is 18.0 Å². The second kappa shape index (κ2) is 6.39. The second-order valence-corrected chi connectivity index (χ2v) is 7.16. The Morgan fingerprint density at radius 3 is 2.21 bits per heavy atom. The number of amides is 1. The van der Waals surface area contributed by atoms with Crippen LogP contribution in [0.2, 0.25) is 0 Å². The van der Waals surface area contributed by atoms with Crippen molar-refractivity contribution in [2.75, 3.05) is 26.2 Å². The van der Waals surface area contributed by atoms with Crippen molar-refractivity contribution in [3.8, 4) is 0 Å². The average Bonchev–Trinajstić information content (AvgIpc) is 2.90. The van der Waals surface area contributed by atoms with Gasteiger partial charge in [0.1, 0.15) is 0 Å². The molecule has 2 aliphatic heterocycles. The van der Waals surface area contributed by atoms with Crippen molar-refractivity contribution in [2.24, 2.45) is 5.41 Å². The fourth-order valence-corrected chi connectivity index (χ4v) is 3.92. The molecule has 24 heavy (non-hydrogen) atoms. The molecule has 0 saturated carbocycles. The van der Waals surface area contributed by atoms with Gasteiger partial charge in [0.05, 0.1) is 5.56 Å². The first-order valence-corrected chi connectivity index (χ1v) is 8.41. The molecular formula is C18H23F3N2O. The van der Waals surface area contributed by atoms with E-state index in [0.717, 1.165) is 63.1 Å². The number of piperidine rings is 1. The molecule has 2 fully saturated rings. The number of hydrogen-bond donors (Lipinski definition) is 0. The van der Waals surface area contributed by atoms with Crippen LogP contribution < -0.4 is 0 Å². The lowest BCUT2D eigenvalue weighted by Gasteiger charge is -2.39. The molecule has 2 heterocycles. The van der Waals surface area contributed by atoms with Gasteiger partial charge in [0.15, 0.2) is 0 Å². The van der Waals surface area contributed by atoms with Crippen molar-refractivity contribution in [1.82, 2.24) is 9.80 Å². The van der Waals surface area contributed by atoms with E-state index in [1.54, 1.807) is 19.1 Å². The topological polar surface area (TPSA) is 23.6 Å². The van der Waals surface area contributed by atoms with Gasteiger partial charge in [-0.2, -0.15) is 13.2 Å². The van der Waals surface area contributed by atoms with E-state index in [1.165, 1.54) is 0 Å². The van der Waals surface area contributed by atoms with Crippen LogP contribution in [0.3, 0.4) is 0 Å². The molecule has 6 heteroatoms. The number of carbonyl (C=O) groups is 1. The largest absolute Gasteiger partial charge is 0.416 e. The fraction of sp³-hybridized carbons (Fsp3) is 0.611. The number of carbonyl (C=O) groups excluding carboxylic acids is 1. The summed E-state index contributed by atoms with van der Waals surface area (Å²) < 4.78 is 37.8. The third-order valence-electron chi connectivity index (χ3n) is 5.47. The minimum atomic E-state index is -4.28. The van der Waals surface area contributed by atoms with Crippen LogP contribution in [0.15, 0.2) is 24.3 Å². The highest BCUT2D eigenvalue weighted by Crippen LogP contribution is 2.40. The maximum Gasteiger partial charge on any atom is 0.416 e. The molecule has 1 aromatic carbocycles. The van der Waals surface area contributed by atoms with E-state index in [4.69, 9.17) is 0 Å². The molecule has 132 valence electrons. The van der Waals surface area contributed by atoms with Gasteiger partial charge in [-0.1, -0.05) is 12.1 Å². The Kier molecular flexibility index (Phi) is 4.60. The van der Waals surface area contributed by atoms with Crippen LogP contribution >= 0.6 is 0 Å². The molecule has 0 aliphatic carbocycles. The van der Waals surface area contributed by atoms with E-state index in [0.29, 0.717) is 6.54 Å². The van der Waals surface area contributed by atoms with E-state index in [2.05, 4.69) is 4.90 Å². The summed E-state index contributed by atoms with van der Waals surface area (Å²) in [6.07, 6.45) is -1.12. The number of likely N-dealkylation sites (tertiary alicyclic amines) is 2. The first kappa shape index (κ1) is 17.3. The monoisotopic (exact) mass is 340 g/mol. The third kappa shape index (κ3) is 3.74. The summed E-state index contributed by atoms with van der Waals surface area (Å²) in [5.74, 6) is 0.143. The lowest BCUT2D eigenvalue weighted by Crippen LogP contribution is -2.43. The van der Waals surface area contributed by atoms with Gasteiger partial charge in [-0.3, -0.25) is 9.69 Å². The number of hydrogen-bond acceptors (Lipinski definition) is 2. The van der Waals surface area contributed by atoms with Gasteiger partial charge in [0, 0.05) is 33.1 Å². The molecule has 0 atom stereocenters. The zero-order valence-corrected chi connectivity index (χ0v) is 13.9. The summed E-state index contributed by atoms with van der Waals surface area (Å²) in [5, 5.41) is 0. The summed E-state index contributed by atoms with van der Waals surface area (Å²) in [6.45, 7) is 5.90. The standard InChI is InChI=1S/C18H23F3N2O/c1-14(24)23-10-7-17(8-11-23)6-9-22(13-17)12-15-2-4-16(5-3-15)18(19,20)21/h2-5H,6-13H2,1H3. The average molecular weight is 340 g/mol. The maximum absolute atomic E-state index is 12.6. The summed E-state index contributed by atoms with van der Waals surface area (Å²) in [6, 6.07) is 5.47. The Morgan fingerprint density at radius 1 is 1.08 bits per heavy atom. The lowest BCUT2D eigenvalue weighted by molar-refractivity contribution is -0.137. The van der Waals surface area contributed by atoms with E-state index >= 15 is 0 Å². The van der Waals surface area contributed by atoms with Crippen molar-refractivity contribution >= 4 is 5.91 Å². The molecule has 2 saturated heterocycles. The zero-order chi connectivity index (χ0) is 17.4. The molecule has 1 amide bonds. The number of halogens is 3. The SMILES string of the molecule is CC(=O)N1CCC2(CCN(Cc3ccc(C(F)(F)F)cc3)C2)CC1. The Labute approximate surface area is 140 Å². The van der Waals surface area contributed by atoms with E-state index < -0.39 is 11.7 Å². The molecule has 3 rings (SSSR count). The smallest absolute Gasteiger partial charge is 0.343 e. The van der Waals surface area contributed by atoms with Crippen LogP contribution in [0, 0.1) is 5.41 Å². The van der Waals surface area contributed by atoms with Crippen LogP contribution in [-0.4, -0.2) is 41.9 Å². The predicted molar refractivity (Wildman–Crippen MR) is 85.3 cm³/mol. The normalized spacial score (nSPS) is 21.4. The minimum Gasteiger partial charge on any atom is -0.343 e. The van der Waals surface area contributed by atoms with Gasteiger partial charge in [-0.25, -0.2) is 0 Å². The third-order valence-corrected chi connectivity index (χ3v) is 5.47. The van der Waals surface area contributed by atoms with Crippen molar-refractivity contribution in [3.63, 3.8) is 0 Å². The first-order valence-electron chi connectivity index (χ1n) is 8.41. The maximum atomic E-state index is 12.6. The Balaban J connectivity index is 1.56. The van der Waals surface area contributed by atoms with Crippen LogP contribution in [-0.2, 0) is 17.5 Å². The highest BCUT2D eigenvalue weighted by molar-refractivity contribution is 5.73. The molecule has 0 aromatic heterocycles. The Hall–Kier alpha value is -1.56. The first-order chi connectivity index (χ1) is 11.3. The summed E-state index contributed by atoms with van der Waals surface area (Å²) in [7, 11) is 0. The van der Waals surface area contributed by atoms with Gasteiger partial charge >= 0.3 is 6.18 Å². The van der Waals surface area contributed by atoms with Gasteiger partial charge < -0.3 is 4.90 Å². The van der Waals surface area contributed by atoms with Crippen LogP contribution in [0.5, 0.6) is 0 Å². The van der Waals surface area contributed by atoms with Gasteiger partial charge in [0.25, 0.3) is 0 Å². The minimum absolute atomic E-state index is 0.143. The highest BCUT2D eigenvalue weighted by atomic mass is 19.4.